The van der Waals surface area contributed by atoms with E-state index in [1.807, 2.05) is 0 Å². The Bertz CT molecular complexity index is 159. The van der Waals surface area contributed by atoms with Crippen molar-refractivity contribution < 1.29 is 19.7 Å². The van der Waals surface area contributed by atoms with Crippen LogP contribution in [0, 0.1) is 10.1 Å². The number of ether oxygens (including phenoxy) is 1. The highest BCUT2D eigenvalue weighted by Gasteiger charge is 2.29. The van der Waals surface area contributed by atoms with Crippen molar-refractivity contribution in [2.75, 3.05) is 6.61 Å². The quantitative estimate of drug-likeness (QED) is 0.242. The Morgan fingerprint density at radius 3 is 2.73 bits per heavy atom. The van der Waals surface area contributed by atoms with Crippen molar-refractivity contribution in [3.8, 4) is 0 Å². The molecule has 0 saturated heterocycles. The molecule has 0 rings (SSSR count). The number of esters is 1. The molecule has 0 aliphatic rings. The second-order valence-electron chi connectivity index (χ2n) is 1.57. The van der Waals surface area contributed by atoms with E-state index in [4.69, 9.17) is 5.21 Å². The van der Waals surface area contributed by atoms with Gasteiger partial charge < -0.3 is 9.94 Å². The van der Waals surface area contributed by atoms with E-state index in [0.29, 0.717) is 0 Å². The maximum Gasteiger partial charge on any atom is 0.400 e. The minimum atomic E-state index is -1.89. The van der Waals surface area contributed by atoms with Crippen molar-refractivity contribution in [2.45, 2.75) is 13.1 Å². The monoisotopic (exact) mass is 164 g/mol. The standard InChI is InChI=1S/C4H8N2O5/c1-2-11-4(7)3(5-8)6(9)10/h3,5,8H,2H2,1H3. The van der Waals surface area contributed by atoms with E-state index < -0.39 is 17.1 Å². The summed E-state index contributed by atoms with van der Waals surface area (Å²) in [6, 6.07) is 0. The normalized spacial score (nSPS) is 12.2. The van der Waals surface area contributed by atoms with Crippen LogP contribution >= 0.6 is 0 Å². The number of hydrogen-bond donors (Lipinski definition) is 2. The van der Waals surface area contributed by atoms with Crippen LogP contribution in [0.4, 0.5) is 0 Å². The molecule has 7 heteroatoms. The lowest BCUT2D eigenvalue weighted by Crippen LogP contribution is -2.42. The molecule has 0 aromatic heterocycles. The smallest absolute Gasteiger partial charge is 0.400 e. The summed E-state index contributed by atoms with van der Waals surface area (Å²) in [6.07, 6.45) is -1.89. The molecule has 0 aromatic rings. The zero-order valence-electron chi connectivity index (χ0n) is 5.81. The van der Waals surface area contributed by atoms with Crippen molar-refractivity contribution in [2.24, 2.45) is 0 Å². The van der Waals surface area contributed by atoms with Crippen LogP contribution in [0.15, 0.2) is 0 Å². The second-order valence-corrected chi connectivity index (χ2v) is 1.57. The fourth-order valence-corrected chi connectivity index (χ4v) is 0.407. The Morgan fingerprint density at radius 1 is 1.91 bits per heavy atom. The van der Waals surface area contributed by atoms with Gasteiger partial charge >= 0.3 is 12.1 Å². The van der Waals surface area contributed by atoms with Gasteiger partial charge in [-0.3, -0.25) is 10.1 Å². The molecule has 11 heavy (non-hydrogen) atoms. The summed E-state index contributed by atoms with van der Waals surface area (Å²) in [5, 5.41) is 18.0. The van der Waals surface area contributed by atoms with Gasteiger partial charge in [0, 0.05) is 0 Å². The third kappa shape index (κ3) is 2.92. The summed E-state index contributed by atoms with van der Waals surface area (Å²) in [4.78, 5) is 19.5. The van der Waals surface area contributed by atoms with Gasteiger partial charge in [0.25, 0.3) is 0 Å². The lowest BCUT2D eigenvalue weighted by molar-refractivity contribution is -0.527. The molecule has 0 aliphatic heterocycles. The second kappa shape index (κ2) is 4.58. The fourth-order valence-electron chi connectivity index (χ4n) is 0.407. The predicted octanol–water partition coefficient (Wildman–Crippen LogP) is -0.869. The first-order chi connectivity index (χ1) is 5.13. The number of rotatable bonds is 4. The van der Waals surface area contributed by atoms with Crippen LogP contribution in [-0.4, -0.2) is 28.9 Å². The number of hydrogen-bond acceptors (Lipinski definition) is 6. The zero-order valence-corrected chi connectivity index (χ0v) is 5.81. The minimum Gasteiger partial charge on any atom is -0.460 e. The lowest BCUT2D eigenvalue weighted by atomic mass is 10.5. The molecule has 64 valence electrons. The number of nitro groups is 1. The number of nitrogens with zero attached hydrogens (tertiary/aromatic N) is 1. The van der Waals surface area contributed by atoms with Gasteiger partial charge in [0.05, 0.1) is 11.5 Å². The van der Waals surface area contributed by atoms with E-state index in [0.717, 1.165) is 0 Å². The third-order valence-corrected chi connectivity index (χ3v) is 0.843. The van der Waals surface area contributed by atoms with E-state index in [1.165, 1.54) is 12.4 Å². The van der Waals surface area contributed by atoms with Crippen molar-refractivity contribution >= 4 is 5.97 Å². The Morgan fingerprint density at radius 2 is 2.45 bits per heavy atom. The predicted molar refractivity (Wildman–Crippen MR) is 32.3 cm³/mol. The number of carbonyl (C=O) groups excluding carboxylic acids is 1. The van der Waals surface area contributed by atoms with Gasteiger partial charge in [-0.25, -0.2) is 4.79 Å². The van der Waals surface area contributed by atoms with Gasteiger partial charge in [0.2, 0.25) is 0 Å². The topological polar surface area (TPSA) is 102 Å². The summed E-state index contributed by atoms with van der Waals surface area (Å²) in [5.74, 6) is -1.11. The maximum absolute atomic E-state index is 10.5. The molecule has 0 radical (unpaired) electrons. The summed E-state index contributed by atoms with van der Waals surface area (Å²) in [7, 11) is 0. The first kappa shape index (κ1) is 9.79. The van der Waals surface area contributed by atoms with Gasteiger partial charge in [-0.15, -0.1) is 5.48 Å². The molecule has 0 aliphatic carbocycles. The van der Waals surface area contributed by atoms with Gasteiger partial charge in [0.15, 0.2) is 0 Å². The molecule has 0 aromatic carbocycles. The average molecular weight is 164 g/mol. The first-order valence-electron chi connectivity index (χ1n) is 2.83. The molecule has 0 heterocycles. The molecular formula is C4H8N2O5. The summed E-state index contributed by atoms with van der Waals surface area (Å²) >= 11 is 0. The van der Waals surface area contributed by atoms with Gasteiger partial charge in [-0.05, 0) is 6.92 Å². The van der Waals surface area contributed by atoms with Crippen LogP contribution in [-0.2, 0) is 9.53 Å². The van der Waals surface area contributed by atoms with E-state index in [2.05, 4.69) is 4.74 Å². The lowest BCUT2D eigenvalue weighted by Gasteiger charge is -2.04. The van der Waals surface area contributed by atoms with Crippen LogP contribution in [0.5, 0.6) is 0 Å². The Balaban J connectivity index is 4.03. The molecule has 0 bridgehead atoms. The van der Waals surface area contributed by atoms with Crippen molar-refractivity contribution in [3.05, 3.63) is 10.1 Å². The van der Waals surface area contributed by atoms with Crippen molar-refractivity contribution in [1.29, 1.82) is 0 Å². The van der Waals surface area contributed by atoms with Crippen LogP contribution in [0.1, 0.15) is 6.92 Å². The number of carbonyl (C=O) groups is 1. The number of hydroxylamine groups is 1. The molecule has 0 spiro atoms. The fraction of sp³-hybridized carbons (Fsp3) is 0.750. The summed E-state index contributed by atoms with van der Waals surface area (Å²) < 4.78 is 4.25. The molecule has 7 nitrogen and oxygen atoms in total. The highest BCUT2D eigenvalue weighted by molar-refractivity contribution is 5.73. The molecular weight excluding hydrogens is 156 g/mol. The summed E-state index contributed by atoms with van der Waals surface area (Å²) in [5.41, 5.74) is 1.21. The third-order valence-electron chi connectivity index (χ3n) is 0.843. The van der Waals surface area contributed by atoms with Gasteiger partial charge in [-0.1, -0.05) is 0 Å². The van der Waals surface area contributed by atoms with Crippen LogP contribution in [0.25, 0.3) is 0 Å². The van der Waals surface area contributed by atoms with Crippen molar-refractivity contribution in [1.82, 2.24) is 5.48 Å². The molecule has 0 fully saturated rings. The van der Waals surface area contributed by atoms with Crippen LogP contribution < -0.4 is 5.48 Å². The van der Waals surface area contributed by atoms with E-state index in [-0.39, 0.29) is 6.61 Å². The highest BCUT2D eigenvalue weighted by atomic mass is 16.7. The van der Waals surface area contributed by atoms with E-state index in [1.54, 1.807) is 0 Å². The van der Waals surface area contributed by atoms with Crippen molar-refractivity contribution in [3.63, 3.8) is 0 Å². The number of nitrogens with one attached hydrogen (secondary N) is 1. The molecule has 0 saturated carbocycles. The molecule has 1 atom stereocenters. The Labute approximate surface area is 62.1 Å². The average Bonchev–Trinajstić information content (AvgIpc) is 1.88. The molecule has 1 unspecified atom stereocenters. The maximum atomic E-state index is 10.5. The largest absolute Gasteiger partial charge is 0.460 e. The van der Waals surface area contributed by atoms with E-state index in [9.17, 15) is 14.9 Å². The summed E-state index contributed by atoms with van der Waals surface area (Å²) in [6.45, 7) is 1.54. The molecule has 2 N–H and O–H groups in total. The van der Waals surface area contributed by atoms with Gasteiger partial charge in [-0.2, -0.15) is 0 Å². The minimum absolute atomic E-state index is 0.0326. The first-order valence-corrected chi connectivity index (χ1v) is 2.83. The zero-order chi connectivity index (χ0) is 8.85. The van der Waals surface area contributed by atoms with E-state index >= 15 is 0 Å². The Kier molecular flexibility index (Phi) is 4.08. The SMILES string of the molecule is CCOC(=O)C(NO)[N+](=O)[O-]. The highest BCUT2D eigenvalue weighted by Crippen LogP contribution is 1.88. The van der Waals surface area contributed by atoms with Gasteiger partial charge in [0.1, 0.15) is 0 Å². The Hall–Kier alpha value is -1.21. The molecule has 0 amide bonds. The van der Waals surface area contributed by atoms with Crippen LogP contribution in [0.2, 0.25) is 0 Å². The van der Waals surface area contributed by atoms with Crippen LogP contribution in [0.3, 0.4) is 0 Å².